The Hall–Kier alpha value is -1.56. The van der Waals surface area contributed by atoms with Crippen LogP contribution < -0.4 is 15.2 Å². The zero-order valence-corrected chi connectivity index (χ0v) is 12.7. The number of aliphatic carboxylic acids is 1. The molecule has 1 rings (SSSR count). The summed E-state index contributed by atoms with van der Waals surface area (Å²) < 4.78 is 22.2. The van der Waals surface area contributed by atoms with Crippen molar-refractivity contribution in [3.8, 4) is 11.5 Å². The van der Waals surface area contributed by atoms with E-state index in [0.29, 0.717) is 24.3 Å². The highest BCUT2D eigenvalue weighted by molar-refractivity contribution is 7.57. The molecule has 0 saturated carbocycles. The number of carboxylic acids is 1. The van der Waals surface area contributed by atoms with Gasteiger partial charge in [-0.15, -0.1) is 0 Å². The van der Waals surface area contributed by atoms with Crippen LogP contribution in [0.2, 0.25) is 0 Å². The quantitative estimate of drug-likeness (QED) is 0.587. The van der Waals surface area contributed by atoms with E-state index in [4.69, 9.17) is 20.3 Å². The van der Waals surface area contributed by atoms with Gasteiger partial charge in [0.05, 0.1) is 7.11 Å². The molecule has 0 saturated heterocycles. The van der Waals surface area contributed by atoms with Gasteiger partial charge in [-0.25, -0.2) is 4.79 Å². The number of rotatable bonds is 9. The maximum atomic E-state index is 12.0. The van der Waals surface area contributed by atoms with Crippen molar-refractivity contribution >= 4 is 13.3 Å². The van der Waals surface area contributed by atoms with E-state index < -0.39 is 19.9 Å². The van der Waals surface area contributed by atoms with E-state index >= 15 is 0 Å². The van der Waals surface area contributed by atoms with Crippen molar-refractivity contribution < 1.29 is 28.8 Å². The molecule has 0 spiro atoms. The van der Waals surface area contributed by atoms with Crippen molar-refractivity contribution in [2.75, 3.05) is 26.4 Å². The smallest absolute Gasteiger partial charge is 0.341 e. The van der Waals surface area contributed by atoms with Crippen LogP contribution >= 0.6 is 7.37 Å². The molecule has 0 heterocycles. The molecule has 21 heavy (non-hydrogen) atoms. The lowest BCUT2D eigenvalue weighted by atomic mass is 10.2. The first kappa shape index (κ1) is 17.5. The summed E-state index contributed by atoms with van der Waals surface area (Å²) in [7, 11) is -1.86. The number of ether oxygens (including phenoxy) is 2. The van der Waals surface area contributed by atoms with Gasteiger partial charge in [0.1, 0.15) is 0 Å². The molecule has 1 atom stereocenters. The molecule has 0 bridgehead atoms. The molecule has 1 aromatic rings. The Labute approximate surface area is 123 Å². The molecule has 1 unspecified atom stereocenters. The van der Waals surface area contributed by atoms with Gasteiger partial charge in [-0.1, -0.05) is 6.07 Å². The van der Waals surface area contributed by atoms with Crippen molar-refractivity contribution in [1.82, 2.24) is 0 Å². The fourth-order valence-corrected chi connectivity index (χ4v) is 3.37. The van der Waals surface area contributed by atoms with Crippen LogP contribution in [0.1, 0.15) is 12.0 Å². The third-order valence-electron chi connectivity index (χ3n) is 2.72. The predicted molar refractivity (Wildman–Crippen MR) is 78.2 cm³/mol. The summed E-state index contributed by atoms with van der Waals surface area (Å²) in [6.07, 6.45) is 0.677. The summed E-state index contributed by atoms with van der Waals surface area (Å²) in [5, 5.41) is 8.58. The summed E-state index contributed by atoms with van der Waals surface area (Å²) in [6, 6.07) is 4.72. The SMILES string of the molecule is COc1cc(CP(=O)(O)CCCN)ccc1OCC(=O)O. The van der Waals surface area contributed by atoms with Gasteiger partial charge >= 0.3 is 5.97 Å². The Morgan fingerprint density at radius 3 is 2.67 bits per heavy atom. The Bertz CT molecular complexity index is 533. The molecule has 0 fully saturated rings. The minimum absolute atomic E-state index is 0.0164. The number of carbonyl (C=O) groups is 1. The normalized spacial score (nSPS) is 13.5. The first-order chi connectivity index (χ1) is 9.88. The van der Waals surface area contributed by atoms with Gasteiger partial charge in [0.15, 0.2) is 18.1 Å². The number of carboxylic acid groups (broad SMARTS) is 1. The zero-order chi connectivity index (χ0) is 15.9. The minimum atomic E-state index is -3.28. The van der Waals surface area contributed by atoms with Gasteiger partial charge in [-0.3, -0.25) is 4.57 Å². The standard InChI is InChI=1S/C13H20NO6P/c1-19-12-7-10(9-21(17,18)6-2-5-14)3-4-11(12)20-8-13(15)16/h3-4,7H,2,5-6,8-9,14H2,1H3,(H,15,16)(H,17,18). The molecule has 0 aliphatic carbocycles. The first-order valence-electron chi connectivity index (χ1n) is 6.40. The van der Waals surface area contributed by atoms with E-state index in [2.05, 4.69) is 0 Å². The van der Waals surface area contributed by atoms with Crippen LogP contribution in [0.3, 0.4) is 0 Å². The number of benzene rings is 1. The second-order valence-electron chi connectivity index (χ2n) is 4.54. The number of nitrogens with two attached hydrogens (primary N) is 1. The molecule has 118 valence electrons. The maximum absolute atomic E-state index is 12.0. The van der Waals surface area contributed by atoms with E-state index in [9.17, 15) is 14.3 Å². The van der Waals surface area contributed by atoms with Crippen LogP contribution in [0.4, 0.5) is 0 Å². The van der Waals surface area contributed by atoms with Crippen LogP contribution in [0.25, 0.3) is 0 Å². The Kier molecular flexibility index (Phi) is 6.68. The largest absolute Gasteiger partial charge is 0.493 e. The van der Waals surface area contributed by atoms with Crippen LogP contribution in [0.5, 0.6) is 11.5 Å². The average molecular weight is 317 g/mol. The fraction of sp³-hybridized carbons (Fsp3) is 0.462. The van der Waals surface area contributed by atoms with Crippen LogP contribution in [-0.4, -0.2) is 42.4 Å². The topological polar surface area (TPSA) is 119 Å². The Morgan fingerprint density at radius 1 is 1.38 bits per heavy atom. The van der Waals surface area contributed by atoms with E-state index in [1.807, 2.05) is 0 Å². The summed E-state index contributed by atoms with van der Waals surface area (Å²) in [6.45, 7) is -0.111. The second-order valence-corrected chi connectivity index (χ2v) is 6.99. The van der Waals surface area contributed by atoms with Crippen molar-refractivity contribution in [3.63, 3.8) is 0 Å². The lowest BCUT2D eigenvalue weighted by Crippen LogP contribution is -2.10. The monoisotopic (exact) mass is 317 g/mol. The lowest BCUT2D eigenvalue weighted by molar-refractivity contribution is -0.139. The minimum Gasteiger partial charge on any atom is -0.493 e. The Balaban J connectivity index is 2.81. The number of methoxy groups -OCH3 is 1. The second kappa shape index (κ2) is 8.02. The summed E-state index contributed by atoms with van der Waals surface area (Å²) in [4.78, 5) is 20.3. The Morgan fingerprint density at radius 2 is 2.10 bits per heavy atom. The summed E-state index contributed by atoms with van der Waals surface area (Å²) in [5.41, 5.74) is 5.96. The molecule has 0 aromatic heterocycles. The molecular formula is C13H20NO6P. The van der Waals surface area contributed by atoms with E-state index in [1.165, 1.54) is 13.2 Å². The van der Waals surface area contributed by atoms with Crippen molar-refractivity contribution in [2.45, 2.75) is 12.6 Å². The third-order valence-corrected chi connectivity index (χ3v) is 4.59. The molecule has 0 radical (unpaired) electrons. The molecule has 0 amide bonds. The fourth-order valence-electron chi connectivity index (χ4n) is 1.77. The highest BCUT2D eigenvalue weighted by atomic mass is 31.2. The van der Waals surface area contributed by atoms with Gasteiger partial charge < -0.3 is 25.2 Å². The molecule has 4 N–H and O–H groups in total. The highest BCUT2D eigenvalue weighted by Crippen LogP contribution is 2.45. The van der Waals surface area contributed by atoms with Gasteiger partial charge in [-0.2, -0.15) is 0 Å². The predicted octanol–water partition coefficient (Wildman–Crippen LogP) is 1.28. The third kappa shape index (κ3) is 6.16. The lowest BCUT2D eigenvalue weighted by Gasteiger charge is -2.14. The van der Waals surface area contributed by atoms with Crippen LogP contribution in [0.15, 0.2) is 18.2 Å². The van der Waals surface area contributed by atoms with E-state index in [1.54, 1.807) is 12.1 Å². The van der Waals surface area contributed by atoms with Gasteiger partial charge in [0.2, 0.25) is 7.37 Å². The van der Waals surface area contributed by atoms with E-state index in [0.717, 1.165) is 0 Å². The van der Waals surface area contributed by atoms with Crippen molar-refractivity contribution in [2.24, 2.45) is 5.73 Å². The average Bonchev–Trinajstić information content (AvgIpc) is 2.43. The van der Waals surface area contributed by atoms with Crippen molar-refractivity contribution in [1.29, 1.82) is 0 Å². The summed E-state index contributed by atoms with van der Waals surface area (Å²) >= 11 is 0. The molecular weight excluding hydrogens is 297 g/mol. The summed E-state index contributed by atoms with van der Waals surface area (Å²) in [5.74, 6) is -0.492. The molecule has 7 nitrogen and oxygen atoms in total. The van der Waals surface area contributed by atoms with E-state index in [-0.39, 0.29) is 18.1 Å². The van der Waals surface area contributed by atoms with Crippen molar-refractivity contribution in [3.05, 3.63) is 23.8 Å². The van der Waals surface area contributed by atoms with Gasteiger partial charge in [0, 0.05) is 12.3 Å². The van der Waals surface area contributed by atoms with Crippen LogP contribution in [0, 0.1) is 0 Å². The molecule has 0 aliphatic heterocycles. The number of hydrogen-bond donors (Lipinski definition) is 3. The van der Waals surface area contributed by atoms with Crippen LogP contribution in [-0.2, 0) is 15.5 Å². The highest BCUT2D eigenvalue weighted by Gasteiger charge is 2.19. The molecule has 8 heteroatoms. The molecule has 0 aliphatic rings. The zero-order valence-electron chi connectivity index (χ0n) is 11.8. The first-order valence-corrected chi connectivity index (χ1v) is 8.43. The van der Waals surface area contributed by atoms with Gasteiger partial charge in [0.25, 0.3) is 0 Å². The maximum Gasteiger partial charge on any atom is 0.341 e. The number of hydrogen-bond acceptors (Lipinski definition) is 5. The molecule has 1 aromatic carbocycles. The van der Waals surface area contributed by atoms with Gasteiger partial charge in [-0.05, 0) is 30.7 Å².